The number of pyridine rings is 1. The number of benzene rings is 1. The third-order valence-electron chi connectivity index (χ3n) is 2.03. The predicted molar refractivity (Wildman–Crippen MR) is 60.0 cm³/mol. The SMILES string of the molecule is Nc1cc(F)c(Oc2ncc(Cl)cc2F)cc1F. The Morgan fingerprint density at radius 3 is 2.44 bits per heavy atom. The summed E-state index contributed by atoms with van der Waals surface area (Å²) in [6.45, 7) is 0. The van der Waals surface area contributed by atoms with E-state index in [1.165, 1.54) is 0 Å². The Balaban J connectivity index is 2.37. The molecule has 0 fully saturated rings. The zero-order chi connectivity index (χ0) is 13.3. The van der Waals surface area contributed by atoms with E-state index >= 15 is 0 Å². The molecular weight excluding hydrogens is 269 g/mol. The Morgan fingerprint density at radius 2 is 1.78 bits per heavy atom. The molecule has 94 valence electrons. The first kappa shape index (κ1) is 12.5. The fourth-order valence-electron chi connectivity index (χ4n) is 1.20. The molecule has 0 aliphatic heterocycles. The monoisotopic (exact) mass is 274 g/mol. The van der Waals surface area contributed by atoms with E-state index in [1.807, 2.05) is 0 Å². The summed E-state index contributed by atoms with van der Waals surface area (Å²) in [5.41, 5.74) is 4.78. The van der Waals surface area contributed by atoms with Crippen molar-refractivity contribution in [2.45, 2.75) is 0 Å². The quantitative estimate of drug-likeness (QED) is 0.852. The van der Waals surface area contributed by atoms with E-state index in [9.17, 15) is 13.2 Å². The molecule has 18 heavy (non-hydrogen) atoms. The zero-order valence-corrected chi connectivity index (χ0v) is 9.51. The standard InChI is InChI=1S/C11H6ClF3N2O/c12-5-1-8(15)11(17-4-5)18-10-3-6(13)9(16)2-7(10)14/h1-4H,16H2. The molecule has 0 amide bonds. The van der Waals surface area contributed by atoms with Gasteiger partial charge in [-0.25, -0.2) is 18.2 Å². The number of nitrogens with zero attached hydrogens (tertiary/aromatic N) is 1. The van der Waals surface area contributed by atoms with Gasteiger partial charge >= 0.3 is 0 Å². The molecule has 0 atom stereocenters. The molecule has 2 N–H and O–H groups in total. The smallest absolute Gasteiger partial charge is 0.256 e. The number of aromatic nitrogens is 1. The molecule has 0 unspecified atom stereocenters. The first-order chi connectivity index (χ1) is 8.47. The summed E-state index contributed by atoms with van der Waals surface area (Å²) in [6, 6.07) is 2.38. The van der Waals surface area contributed by atoms with Crippen molar-refractivity contribution in [3.05, 3.63) is 46.9 Å². The minimum atomic E-state index is -0.926. The lowest BCUT2D eigenvalue weighted by Crippen LogP contribution is -1.98. The van der Waals surface area contributed by atoms with Crippen LogP contribution >= 0.6 is 11.6 Å². The van der Waals surface area contributed by atoms with E-state index in [0.29, 0.717) is 6.07 Å². The Labute approximate surface area is 105 Å². The maximum Gasteiger partial charge on any atom is 0.256 e. The molecule has 3 nitrogen and oxygen atoms in total. The summed E-state index contributed by atoms with van der Waals surface area (Å²) >= 11 is 5.49. The summed E-state index contributed by atoms with van der Waals surface area (Å²) in [7, 11) is 0. The van der Waals surface area contributed by atoms with Crippen LogP contribution in [0.5, 0.6) is 11.6 Å². The number of nitrogens with two attached hydrogens (primary N) is 1. The highest BCUT2D eigenvalue weighted by molar-refractivity contribution is 6.30. The molecule has 0 radical (unpaired) electrons. The van der Waals surface area contributed by atoms with E-state index in [-0.39, 0.29) is 10.7 Å². The molecule has 7 heteroatoms. The largest absolute Gasteiger partial charge is 0.433 e. The average molecular weight is 275 g/mol. The Morgan fingerprint density at radius 1 is 1.06 bits per heavy atom. The second-order valence-electron chi connectivity index (χ2n) is 3.35. The third kappa shape index (κ3) is 2.48. The summed E-state index contributed by atoms with van der Waals surface area (Å²) in [6.07, 6.45) is 1.12. The number of halogens is 4. The highest BCUT2D eigenvalue weighted by Crippen LogP contribution is 2.28. The lowest BCUT2D eigenvalue weighted by Gasteiger charge is -2.07. The molecule has 1 aromatic carbocycles. The van der Waals surface area contributed by atoms with Gasteiger partial charge in [0.2, 0.25) is 0 Å². The van der Waals surface area contributed by atoms with Gasteiger partial charge in [0.1, 0.15) is 5.82 Å². The summed E-state index contributed by atoms with van der Waals surface area (Å²) in [4.78, 5) is 3.52. The van der Waals surface area contributed by atoms with Crippen LogP contribution in [0.15, 0.2) is 24.4 Å². The average Bonchev–Trinajstić information content (AvgIpc) is 2.29. The van der Waals surface area contributed by atoms with Crippen LogP contribution in [0, 0.1) is 17.5 Å². The van der Waals surface area contributed by atoms with Gasteiger partial charge in [0.05, 0.1) is 10.7 Å². The molecule has 0 aliphatic rings. The Kier molecular flexibility index (Phi) is 3.29. The second-order valence-corrected chi connectivity index (χ2v) is 3.78. The molecule has 1 heterocycles. The van der Waals surface area contributed by atoms with Crippen molar-refractivity contribution in [3.63, 3.8) is 0 Å². The van der Waals surface area contributed by atoms with E-state index in [1.54, 1.807) is 0 Å². The van der Waals surface area contributed by atoms with Crippen LogP contribution < -0.4 is 10.5 Å². The third-order valence-corrected chi connectivity index (χ3v) is 2.24. The van der Waals surface area contributed by atoms with Gasteiger partial charge in [-0.2, -0.15) is 0 Å². The molecular formula is C11H6ClF3N2O. The van der Waals surface area contributed by atoms with Gasteiger partial charge in [0.15, 0.2) is 17.4 Å². The van der Waals surface area contributed by atoms with Gasteiger partial charge in [-0.3, -0.25) is 0 Å². The van der Waals surface area contributed by atoms with Gasteiger partial charge < -0.3 is 10.5 Å². The minimum absolute atomic E-state index is 0.0591. The fraction of sp³-hybridized carbons (Fsp3) is 0. The van der Waals surface area contributed by atoms with Crippen molar-refractivity contribution in [1.29, 1.82) is 0 Å². The first-order valence-electron chi connectivity index (χ1n) is 4.71. The molecule has 0 saturated carbocycles. The maximum atomic E-state index is 13.4. The van der Waals surface area contributed by atoms with Crippen LogP contribution in [0.3, 0.4) is 0 Å². The minimum Gasteiger partial charge on any atom is -0.433 e. The zero-order valence-electron chi connectivity index (χ0n) is 8.75. The second kappa shape index (κ2) is 4.73. The lowest BCUT2D eigenvalue weighted by atomic mass is 10.3. The highest BCUT2D eigenvalue weighted by Gasteiger charge is 2.13. The number of anilines is 1. The molecule has 1 aromatic heterocycles. The predicted octanol–water partition coefficient (Wildman–Crippen LogP) is 3.53. The maximum absolute atomic E-state index is 13.4. The van der Waals surface area contributed by atoms with Crippen LogP contribution in [0.25, 0.3) is 0 Å². The number of hydrogen-bond acceptors (Lipinski definition) is 3. The van der Waals surface area contributed by atoms with E-state index in [2.05, 4.69) is 4.98 Å². The fourth-order valence-corrected chi connectivity index (χ4v) is 1.35. The Hall–Kier alpha value is -1.95. The highest BCUT2D eigenvalue weighted by atomic mass is 35.5. The number of nitrogen functional groups attached to an aromatic ring is 1. The first-order valence-corrected chi connectivity index (χ1v) is 5.08. The van der Waals surface area contributed by atoms with Crippen molar-refractivity contribution in [2.24, 2.45) is 0 Å². The number of ether oxygens (including phenoxy) is 1. The van der Waals surface area contributed by atoms with Crippen LogP contribution in [-0.2, 0) is 0 Å². The molecule has 2 aromatic rings. The molecule has 0 aliphatic carbocycles. The normalized spacial score (nSPS) is 10.4. The van der Waals surface area contributed by atoms with E-state index in [0.717, 1.165) is 18.3 Å². The Bertz CT molecular complexity index is 607. The van der Waals surface area contributed by atoms with Gasteiger partial charge in [-0.1, -0.05) is 11.6 Å². The van der Waals surface area contributed by atoms with Crippen molar-refractivity contribution in [3.8, 4) is 11.6 Å². The van der Waals surface area contributed by atoms with Crippen LogP contribution in [0.4, 0.5) is 18.9 Å². The summed E-state index contributed by atoms with van der Waals surface area (Å²) < 4.78 is 44.6. The van der Waals surface area contributed by atoms with Crippen LogP contribution in [0.2, 0.25) is 5.02 Å². The lowest BCUT2D eigenvalue weighted by molar-refractivity contribution is 0.395. The van der Waals surface area contributed by atoms with Gasteiger partial charge in [-0.15, -0.1) is 0 Å². The van der Waals surface area contributed by atoms with Crippen molar-refractivity contribution >= 4 is 17.3 Å². The van der Waals surface area contributed by atoms with Crippen molar-refractivity contribution in [1.82, 2.24) is 4.98 Å². The van der Waals surface area contributed by atoms with Crippen LogP contribution in [0.1, 0.15) is 0 Å². The van der Waals surface area contributed by atoms with Gasteiger partial charge in [0.25, 0.3) is 5.88 Å². The number of hydrogen-bond donors (Lipinski definition) is 1. The molecule has 0 bridgehead atoms. The van der Waals surface area contributed by atoms with E-state index < -0.39 is 29.1 Å². The molecule has 2 rings (SSSR count). The van der Waals surface area contributed by atoms with Gasteiger partial charge in [0, 0.05) is 18.3 Å². The van der Waals surface area contributed by atoms with Crippen LogP contribution in [-0.4, -0.2) is 4.98 Å². The van der Waals surface area contributed by atoms with E-state index in [4.69, 9.17) is 22.1 Å². The summed E-state index contributed by atoms with van der Waals surface area (Å²) in [5, 5.41) is 0.0591. The summed E-state index contributed by atoms with van der Waals surface area (Å²) in [5.74, 6) is -3.72. The van der Waals surface area contributed by atoms with Crippen molar-refractivity contribution < 1.29 is 17.9 Å². The topological polar surface area (TPSA) is 48.1 Å². The molecule has 0 saturated heterocycles. The number of rotatable bonds is 2. The van der Waals surface area contributed by atoms with Gasteiger partial charge in [-0.05, 0) is 6.07 Å². The molecule has 0 spiro atoms. The van der Waals surface area contributed by atoms with Crippen molar-refractivity contribution in [2.75, 3.05) is 5.73 Å².